The number of rotatable bonds is 11. The summed E-state index contributed by atoms with van der Waals surface area (Å²) >= 11 is 3.66. The number of aliphatic hydroxyl groups is 1. The predicted octanol–water partition coefficient (Wildman–Crippen LogP) is 21.2. The third-order valence-corrected chi connectivity index (χ3v) is 17.3. The Morgan fingerprint density at radius 2 is 1.00 bits per heavy atom. The summed E-state index contributed by atoms with van der Waals surface area (Å²) in [5.74, 6) is 0.547. The van der Waals surface area contributed by atoms with E-state index in [1.54, 1.807) is 17.7 Å². The van der Waals surface area contributed by atoms with Crippen molar-refractivity contribution in [2.45, 2.75) is 160 Å². The van der Waals surface area contributed by atoms with Gasteiger partial charge in [0, 0.05) is 79.8 Å². The maximum atomic E-state index is 11.7. The fraction of sp³-hybridized carbons (Fsp3) is 0.389. The Morgan fingerprint density at radius 1 is 0.537 bits per heavy atom. The zero-order valence-electron chi connectivity index (χ0n) is 50.3. The molecule has 0 amide bonds. The number of pyridine rings is 1. The van der Waals surface area contributed by atoms with Crippen molar-refractivity contribution in [1.29, 1.82) is 0 Å². The first-order valence-electron chi connectivity index (χ1n) is 28.6. The van der Waals surface area contributed by atoms with Gasteiger partial charge in [0.1, 0.15) is 6.33 Å². The SMILES string of the molecule is CC(C)(C)Cc1ccc2c(c1)sc1c(-c3[c-]c4ccccc4c(C(C)(C)C)c3)nccc12.CC(C)(C)Cc1ccc2c(c1)sc1c(-c3[c-]c4ccccc4c(C(C)(C)C)c3)ncnc12.CCC(CC)C(=O)/C=C(\O)C(CC)CC.[Ir]. The Hall–Kier alpha value is -5.63. The Balaban J connectivity index is 0.000000184. The van der Waals surface area contributed by atoms with E-state index in [2.05, 4.69) is 203 Å². The molecule has 0 atom stereocenters. The quantitative estimate of drug-likeness (QED) is 0.0793. The van der Waals surface area contributed by atoms with E-state index in [1.807, 2.05) is 45.2 Å². The normalized spacial score (nSPS) is 12.6. The molecule has 0 saturated carbocycles. The van der Waals surface area contributed by atoms with E-state index in [-0.39, 0.29) is 65.1 Å². The largest absolute Gasteiger partial charge is 0.512 e. The summed E-state index contributed by atoms with van der Waals surface area (Å²) in [6, 6.07) is 45.0. The van der Waals surface area contributed by atoms with E-state index < -0.39 is 0 Å². The molecule has 4 aromatic heterocycles. The van der Waals surface area contributed by atoms with Crippen molar-refractivity contribution >= 4 is 90.5 Å². The Morgan fingerprint density at radius 3 is 1.49 bits per heavy atom. The number of ketones is 1. The summed E-state index contributed by atoms with van der Waals surface area (Å²) in [6.45, 7) is 35.5. The second-order valence-corrected chi connectivity index (χ2v) is 28.2. The van der Waals surface area contributed by atoms with Crippen molar-refractivity contribution in [2.75, 3.05) is 0 Å². The van der Waals surface area contributed by atoms with Crippen LogP contribution in [0.15, 0.2) is 127 Å². The van der Waals surface area contributed by atoms with E-state index >= 15 is 0 Å². The molecule has 0 unspecified atom stereocenters. The van der Waals surface area contributed by atoms with Crippen molar-refractivity contribution in [3.05, 3.63) is 162 Å². The third kappa shape index (κ3) is 14.3. The van der Waals surface area contributed by atoms with Crippen LogP contribution in [0.4, 0.5) is 0 Å². The van der Waals surface area contributed by atoms with Gasteiger partial charge in [-0.15, -0.1) is 81.0 Å². The molecule has 8 heteroatoms. The van der Waals surface area contributed by atoms with E-state index in [4.69, 9.17) is 9.97 Å². The van der Waals surface area contributed by atoms with Gasteiger partial charge in [0.25, 0.3) is 0 Å². The van der Waals surface area contributed by atoms with Crippen molar-refractivity contribution < 1.29 is 30.0 Å². The average Bonchev–Trinajstić information content (AvgIpc) is 4.00. The minimum absolute atomic E-state index is 0. The number of carbonyl (C=O) groups is 1. The molecule has 0 aliphatic rings. The second-order valence-electron chi connectivity index (χ2n) is 26.1. The first-order valence-corrected chi connectivity index (χ1v) is 30.3. The van der Waals surface area contributed by atoms with Crippen molar-refractivity contribution in [3.63, 3.8) is 0 Å². The number of nitrogens with zero attached hydrogens (tertiary/aromatic N) is 3. The molecule has 0 bridgehead atoms. The van der Waals surface area contributed by atoms with Crippen LogP contribution in [0.2, 0.25) is 0 Å². The number of benzene rings is 6. The standard InChI is InChI=1S/C30H30NS.C29H29N2S.C13H24O2.Ir/c1-29(2,3)18-19-11-12-23-24-13-14-31-27(28(24)32-26(23)15-19)21-16-20-9-7-8-10-22(20)25(17-21)30(4,5)6;1-28(2,3)16-18-11-12-22-24(13-18)32-27-25(30-17-31-26(22)27)20-14-19-9-7-8-10-21(19)23(15-20)29(4,5)6;1-5-10(6-2)12(14)9-13(15)11(7-3)8-4;/h7-15,17H,18H2,1-6H3;7-13,15,17H,16H2,1-6H3;9-11,14H,5-8H2,1-4H3;/q2*-1;;/b;;12-9-;. The molecule has 0 aliphatic carbocycles. The Kier molecular flexibility index (Phi) is 19.6. The van der Waals surface area contributed by atoms with Crippen molar-refractivity contribution in [2.24, 2.45) is 22.7 Å². The summed E-state index contributed by atoms with van der Waals surface area (Å²) in [6.07, 6.45) is 10.7. The molecule has 0 fully saturated rings. The number of allylic oxidation sites excluding steroid dienone is 2. The number of aromatic nitrogens is 3. The van der Waals surface area contributed by atoms with Gasteiger partial charge >= 0.3 is 0 Å². The van der Waals surface area contributed by atoms with Gasteiger partial charge in [-0.2, -0.15) is 0 Å². The monoisotopic (exact) mass is 1280 g/mol. The first kappa shape index (κ1) is 62.0. The van der Waals surface area contributed by atoms with E-state index in [9.17, 15) is 9.90 Å². The summed E-state index contributed by atoms with van der Waals surface area (Å²) in [5, 5.41) is 18.4. The van der Waals surface area contributed by atoms with Crippen LogP contribution in [0.1, 0.15) is 159 Å². The molecule has 0 saturated heterocycles. The maximum absolute atomic E-state index is 11.7. The van der Waals surface area contributed by atoms with Gasteiger partial charge in [-0.3, -0.25) is 14.8 Å². The van der Waals surface area contributed by atoms with Crippen LogP contribution >= 0.6 is 22.7 Å². The van der Waals surface area contributed by atoms with E-state index in [1.165, 1.54) is 69.4 Å². The smallest absolute Gasteiger partial charge is 0.162 e. The average molecular weight is 1280 g/mol. The van der Waals surface area contributed by atoms with Crippen LogP contribution in [0, 0.1) is 34.8 Å². The number of hydrogen-bond donors (Lipinski definition) is 1. The molecule has 421 valence electrons. The molecule has 4 heterocycles. The molecule has 1 radical (unpaired) electrons. The van der Waals surface area contributed by atoms with Crippen molar-refractivity contribution in [1.82, 2.24) is 15.0 Å². The van der Waals surface area contributed by atoms with Gasteiger partial charge in [-0.1, -0.05) is 193 Å². The Labute approximate surface area is 499 Å². The number of fused-ring (bicyclic) bond motifs is 8. The summed E-state index contributed by atoms with van der Waals surface area (Å²) in [7, 11) is 0. The van der Waals surface area contributed by atoms with Gasteiger partial charge in [0.15, 0.2) is 5.78 Å². The summed E-state index contributed by atoms with van der Waals surface area (Å²) in [5.41, 5.74) is 11.2. The molecular formula is C72H83IrN3O2S2-2. The summed E-state index contributed by atoms with van der Waals surface area (Å²) < 4.78 is 5.01. The van der Waals surface area contributed by atoms with E-state index in [0.29, 0.717) is 0 Å². The number of hydrogen-bond acceptors (Lipinski definition) is 7. The number of carbonyl (C=O) groups excluding carboxylic acids is 1. The van der Waals surface area contributed by atoms with Crippen LogP contribution in [0.5, 0.6) is 0 Å². The van der Waals surface area contributed by atoms with Gasteiger partial charge in [-0.05, 0) is 100 Å². The Bertz CT molecular complexity index is 3600. The fourth-order valence-electron chi connectivity index (χ4n) is 10.9. The number of thiophene rings is 2. The van der Waals surface area contributed by atoms with Crippen LogP contribution in [-0.2, 0) is 48.6 Å². The molecular weight excluding hydrogens is 1200 g/mol. The molecule has 1 N–H and O–H groups in total. The zero-order chi connectivity index (χ0) is 57.2. The molecule has 10 rings (SSSR count). The van der Waals surface area contributed by atoms with Crippen molar-refractivity contribution in [3.8, 4) is 22.5 Å². The van der Waals surface area contributed by atoms with Crippen LogP contribution in [-0.4, -0.2) is 25.8 Å². The summed E-state index contributed by atoms with van der Waals surface area (Å²) in [4.78, 5) is 26.0. The predicted molar refractivity (Wildman–Crippen MR) is 343 cm³/mol. The van der Waals surface area contributed by atoms with Gasteiger partial charge in [0.05, 0.1) is 11.3 Å². The van der Waals surface area contributed by atoms with Crippen LogP contribution in [0.3, 0.4) is 0 Å². The molecule has 10 aromatic rings. The maximum Gasteiger partial charge on any atom is 0.162 e. The van der Waals surface area contributed by atoms with Gasteiger partial charge in [-0.25, -0.2) is 4.98 Å². The first-order chi connectivity index (χ1) is 37.3. The van der Waals surface area contributed by atoms with E-state index in [0.717, 1.165) is 82.0 Å². The minimum atomic E-state index is 0. The number of aliphatic hydroxyl groups excluding tert-OH is 1. The molecule has 0 spiro atoms. The third-order valence-electron chi connectivity index (χ3n) is 15.0. The molecule has 6 aromatic carbocycles. The zero-order valence-corrected chi connectivity index (χ0v) is 54.3. The fourth-order valence-corrected chi connectivity index (χ4v) is 13.4. The van der Waals surface area contributed by atoms with Gasteiger partial charge < -0.3 is 5.11 Å². The second kappa shape index (κ2) is 25.2. The van der Waals surface area contributed by atoms with Crippen LogP contribution < -0.4 is 0 Å². The minimum Gasteiger partial charge on any atom is -0.512 e. The molecule has 80 heavy (non-hydrogen) atoms. The molecule has 5 nitrogen and oxygen atoms in total. The van der Waals surface area contributed by atoms with Crippen LogP contribution in [0.25, 0.3) is 84.5 Å². The topological polar surface area (TPSA) is 76.0 Å². The van der Waals surface area contributed by atoms with Gasteiger partial charge in [0.2, 0.25) is 0 Å². The molecule has 0 aliphatic heterocycles.